The van der Waals surface area contributed by atoms with Crippen LogP contribution in [-0.2, 0) is 9.36 Å². The standard InChI is InChI=1S/C2H2Cl2NO2P/c3-8(4,7)2-5-1-6/h2H2. The van der Waals surface area contributed by atoms with Crippen molar-refractivity contribution >= 4 is 34.4 Å². The minimum atomic E-state index is -3.17. The van der Waals surface area contributed by atoms with Crippen LogP contribution in [0.5, 0.6) is 0 Å². The van der Waals surface area contributed by atoms with Crippen molar-refractivity contribution in [1.29, 1.82) is 0 Å². The summed E-state index contributed by atoms with van der Waals surface area (Å²) in [4.78, 5) is 12.2. The molecule has 0 spiro atoms. The molecular weight excluding hydrogens is 172 g/mol. The summed E-state index contributed by atoms with van der Waals surface area (Å²) in [6.07, 6.45) is 0.811. The average molecular weight is 174 g/mol. The maximum Gasteiger partial charge on any atom is 0.274 e. The molecule has 0 saturated heterocycles. The van der Waals surface area contributed by atoms with Gasteiger partial charge >= 0.3 is 0 Å². The molecule has 0 aromatic rings. The summed E-state index contributed by atoms with van der Waals surface area (Å²) in [5.74, 6) is -3.17. The molecule has 6 heteroatoms. The van der Waals surface area contributed by atoms with Gasteiger partial charge < -0.3 is 0 Å². The van der Waals surface area contributed by atoms with Crippen molar-refractivity contribution in [2.75, 3.05) is 6.29 Å². The Labute approximate surface area is 55.6 Å². The molecule has 0 fully saturated rings. The van der Waals surface area contributed by atoms with Crippen LogP contribution in [0.15, 0.2) is 4.99 Å². The van der Waals surface area contributed by atoms with Crippen LogP contribution in [0.25, 0.3) is 0 Å². The normalized spacial score (nSPS) is 10.2. The van der Waals surface area contributed by atoms with Crippen LogP contribution < -0.4 is 0 Å². The van der Waals surface area contributed by atoms with Gasteiger partial charge in [0.25, 0.3) is 5.85 Å². The Morgan fingerprint density at radius 1 is 1.62 bits per heavy atom. The lowest BCUT2D eigenvalue weighted by atomic mass is 11.4. The number of rotatable bonds is 2. The van der Waals surface area contributed by atoms with Gasteiger partial charge in [0, 0.05) is 0 Å². The highest BCUT2D eigenvalue weighted by Gasteiger charge is 2.10. The lowest BCUT2D eigenvalue weighted by Gasteiger charge is -1.88. The summed E-state index contributed by atoms with van der Waals surface area (Å²) in [5.41, 5.74) is 0. The van der Waals surface area contributed by atoms with Gasteiger partial charge in [-0.05, 0) is 22.5 Å². The van der Waals surface area contributed by atoms with Gasteiger partial charge in [0.05, 0.1) is 0 Å². The summed E-state index contributed by atoms with van der Waals surface area (Å²) in [7, 11) is 0. The lowest BCUT2D eigenvalue weighted by Crippen LogP contribution is -1.66. The van der Waals surface area contributed by atoms with Crippen molar-refractivity contribution in [3.8, 4) is 0 Å². The fourth-order valence-electron chi connectivity index (χ4n) is 0.111. The minimum absolute atomic E-state index is 0.348. The number of carbonyl (C=O) groups excluding carboxylic acids is 1. The van der Waals surface area contributed by atoms with Gasteiger partial charge in [-0.25, -0.2) is 4.79 Å². The average Bonchev–Trinajstić information content (AvgIpc) is 1.59. The van der Waals surface area contributed by atoms with E-state index in [1.54, 1.807) is 0 Å². The van der Waals surface area contributed by atoms with E-state index in [2.05, 4.69) is 4.99 Å². The molecule has 0 atom stereocenters. The monoisotopic (exact) mass is 173 g/mol. The molecule has 0 N–H and O–H groups in total. The van der Waals surface area contributed by atoms with Gasteiger partial charge in [0.2, 0.25) is 6.08 Å². The third-order valence-electron chi connectivity index (χ3n) is 0.300. The maximum absolute atomic E-state index is 10.2. The van der Waals surface area contributed by atoms with Gasteiger partial charge in [-0.2, -0.15) is 4.99 Å². The van der Waals surface area contributed by atoms with E-state index in [1.807, 2.05) is 0 Å². The largest absolute Gasteiger partial charge is 0.287 e. The van der Waals surface area contributed by atoms with Crippen molar-refractivity contribution in [2.24, 2.45) is 4.99 Å². The highest BCUT2D eigenvalue weighted by Crippen LogP contribution is 2.56. The van der Waals surface area contributed by atoms with E-state index >= 15 is 0 Å². The van der Waals surface area contributed by atoms with E-state index < -0.39 is 5.85 Å². The second-order valence-corrected chi connectivity index (χ2v) is 6.18. The van der Waals surface area contributed by atoms with Crippen LogP contribution in [0.4, 0.5) is 0 Å². The summed E-state index contributed by atoms with van der Waals surface area (Å²) in [6, 6.07) is 0. The van der Waals surface area contributed by atoms with Crippen LogP contribution in [0.3, 0.4) is 0 Å². The first-order valence-electron chi connectivity index (χ1n) is 1.58. The Kier molecular flexibility index (Phi) is 3.34. The number of hydrogen-bond donors (Lipinski definition) is 0. The second-order valence-electron chi connectivity index (χ2n) is 0.961. The van der Waals surface area contributed by atoms with E-state index in [0.29, 0.717) is 0 Å². The number of aliphatic imine (C=N–C) groups is 1. The third kappa shape index (κ3) is 6.19. The first-order valence-corrected chi connectivity index (χ1v) is 5.28. The predicted octanol–water partition coefficient (Wildman–Crippen LogP) is 1.95. The summed E-state index contributed by atoms with van der Waals surface area (Å²) in [6.45, 7) is 0. The molecule has 0 bridgehead atoms. The SMILES string of the molecule is O=C=NCP(=O)(Cl)Cl. The molecule has 0 radical (unpaired) electrons. The van der Waals surface area contributed by atoms with Gasteiger partial charge in [0.15, 0.2) is 0 Å². The number of halogens is 2. The minimum Gasteiger partial charge on any atom is -0.287 e. The second kappa shape index (κ2) is 3.26. The molecule has 0 unspecified atom stereocenters. The molecule has 0 amide bonds. The topological polar surface area (TPSA) is 46.5 Å². The molecule has 0 aliphatic carbocycles. The summed E-state index contributed by atoms with van der Waals surface area (Å²) in [5, 5.41) is 0. The smallest absolute Gasteiger partial charge is 0.274 e. The van der Waals surface area contributed by atoms with Gasteiger partial charge in [-0.1, -0.05) is 0 Å². The van der Waals surface area contributed by atoms with Crippen LogP contribution in [0, 0.1) is 0 Å². The van der Waals surface area contributed by atoms with Crippen molar-refractivity contribution in [1.82, 2.24) is 0 Å². The fourth-order valence-corrected chi connectivity index (χ4v) is 0.654. The first kappa shape index (κ1) is 8.19. The zero-order valence-electron chi connectivity index (χ0n) is 3.67. The Morgan fingerprint density at radius 2 is 2.12 bits per heavy atom. The molecule has 0 aromatic carbocycles. The third-order valence-corrected chi connectivity index (χ3v) is 1.41. The zero-order valence-corrected chi connectivity index (χ0v) is 6.08. The van der Waals surface area contributed by atoms with Crippen LogP contribution >= 0.6 is 28.3 Å². The van der Waals surface area contributed by atoms with Crippen LogP contribution in [0.2, 0.25) is 0 Å². The first-order chi connectivity index (χ1) is 3.56. The predicted molar refractivity (Wildman–Crippen MR) is 32.3 cm³/mol. The van der Waals surface area contributed by atoms with E-state index in [9.17, 15) is 9.36 Å². The Morgan fingerprint density at radius 3 is 2.25 bits per heavy atom. The van der Waals surface area contributed by atoms with E-state index in [0.717, 1.165) is 6.08 Å². The highest BCUT2D eigenvalue weighted by atomic mass is 35.9. The Hall–Kier alpha value is 0.190. The Balaban J connectivity index is 3.74. The molecule has 0 rings (SSSR count). The molecule has 0 aliphatic rings. The number of isocyanates is 1. The Bertz CT molecular complexity index is 157. The highest BCUT2D eigenvalue weighted by molar-refractivity contribution is 8.08. The lowest BCUT2D eigenvalue weighted by molar-refractivity contribution is 0.563. The molecule has 0 heterocycles. The van der Waals surface area contributed by atoms with Crippen LogP contribution in [-0.4, -0.2) is 12.4 Å². The van der Waals surface area contributed by atoms with Crippen molar-refractivity contribution < 1.29 is 9.36 Å². The molecule has 0 aromatic heterocycles. The van der Waals surface area contributed by atoms with E-state index in [4.69, 9.17) is 22.5 Å². The van der Waals surface area contributed by atoms with Crippen molar-refractivity contribution in [3.63, 3.8) is 0 Å². The van der Waals surface area contributed by atoms with E-state index in [1.165, 1.54) is 0 Å². The van der Waals surface area contributed by atoms with Crippen LogP contribution in [0.1, 0.15) is 0 Å². The summed E-state index contributed by atoms with van der Waals surface area (Å²) >= 11 is 9.92. The fraction of sp³-hybridized carbons (Fsp3) is 0.500. The zero-order chi connectivity index (χ0) is 6.62. The molecule has 0 saturated carbocycles. The molecular formula is C2H2Cl2NO2P. The van der Waals surface area contributed by atoms with Gasteiger partial charge in [0.1, 0.15) is 6.29 Å². The quantitative estimate of drug-likeness (QED) is 0.364. The molecule has 0 aliphatic heterocycles. The van der Waals surface area contributed by atoms with Gasteiger partial charge in [-0.3, -0.25) is 4.57 Å². The number of hydrogen-bond acceptors (Lipinski definition) is 3. The van der Waals surface area contributed by atoms with Crippen molar-refractivity contribution in [2.45, 2.75) is 0 Å². The molecule has 46 valence electrons. The van der Waals surface area contributed by atoms with E-state index in [-0.39, 0.29) is 6.29 Å². The molecule has 8 heavy (non-hydrogen) atoms. The molecule has 3 nitrogen and oxygen atoms in total. The number of nitrogens with zero attached hydrogens (tertiary/aromatic N) is 1. The van der Waals surface area contributed by atoms with Crippen molar-refractivity contribution in [3.05, 3.63) is 0 Å². The maximum atomic E-state index is 10.2. The summed E-state index contributed by atoms with van der Waals surface area (Å²) < 4.78 is 10.2. The van der Waals surface area contributed by atoms with Gasteiger partial charge in [-0.15, -0.1) is 0 Å².